The Kier molecular flexibility index (Phi) is 2.44. The van der Waals surface area contributed by atoms with Gasteiger partial charge >= 0.3 is 0 Å². The molecule has 0 bridgehead atoms. The van der Waals surface area contributed by atoms with E-state index in [9.17, 15) is 4.79 Å². The molecule has 0 unspecified atom stereocenters. The molecule has 0 spiro atoms. The lowest BCUT2D eigenvalue weighted by atomic mass is 10.3. The number of hydrogen-bond acceptors (Lipinski definition) is 3. The number of aromatic nitrogens is 4. The van der Waals surface area contributed by atoms with Crippen LogP contribution >= 0.6 is 15.9 Å². The zero-order valence-electron chi connectivity index (χ0n) is 8.31. The summed E-state index contributed by atoms with van der Waals surface area (Å²) >= 11 is 3.31. The Balaban J connectivity index is 2.66. The maximum Gasteiger partial charge on any atom is 0.162 e. The number of nitrogens with zero attached hydrogens (tertiary/aromatic N) is 4. The Morgan fingerprint density at radius 1 is 1.53 bits per heavy atom. The summed E-state index contributed by atoms with van der Waals surface area (Å²) in [5.41, 5.74) is 1.27. The van der Waals surface area contributed by atoms with Crippen molar-refractivity contribution in [2.24, 2.45) is 7.05 Å². The molecule has 6 heteroatoms. The zero-order chi connectivity index (χ0) is 11.0. The van der Waals surface area contributed by atoms with Crippen LogP contribution in [0.3, 0.4) is 0 Å². The number of aldehydes is 1. The SMILES string of the molecule is Cc1nn(C)c(-n2cc(Br)cn2)c1C=O. The number of carbonyl (C=O) groups is 1. The smallest absolute Gasteiger partial charge is 0.162 e. The monoisotopic (exact) mass is 268 g/mol. The minimum atomic E-state index is 0.563. The first-order valence-electron chi connectivity index (χ1n) is 4.33. The molecule has 78 valence electrons. The first kappa shape index (κ1) is 10.1. The highest BCUT2D eigenvalue weighted by Gasteiger charge is 2.14. The molecule has 0 saturated carbocycles. The Labute approximate surface area is 94.8 Å². The number of aryl methyl sites for hydroxylation is 2. The van der Waals surface area contributed by atoms with Gasteiger partial charge in [0, 0.05) is 13.2 Å². The third-order valence-corrected chi connectivity index (χ3v) is 2.53. The minimum absolute atomic E-state index is 0.563. The van der Waals surface area contributed by atoms with Crippen molar-refractivity contribution in [2.45, 2.75) is 6.92 Å². The largest absolute Gasteiger partial charge is 0.298 e. The first-order chi connectivity index (χ1) is 7.13. The van der Waals surface area contributed by atoms with E-state index in [-0.39, 0.29) is 0 Å². The Bertz CT molecular complexity index is 514. The van der Waals surface area contributed by atoms with Gasteiger partial charge in [-0.25, -0.2) is 4.68 Å². The van der Waals surface area contributed by atoms with Crippen molar-refractivity contribution in [1.82, 2.24) is 19.6 Å². The van der Waals surface area contributed by atoms with Crippen molar-refractivity contribution in [3.05, 3.63) is 28.1 Å². The second-order valence-electron chi connectivity index (χ2n) is 3.17. The molecular formula is C9H9BrN4O. The summed E-state index contributed by atoms with van der Waals surface area (Å²) in [5.74, 6) is 0.674. The molecular weight excluding hydrogens is 260 g/mol. The van der Waals surface area contributed by atoms with Crippen LogP contribution in [0.15, 0.2) is 16.9 Å². The molecule has 2 heterocycles. The van der Waals surface area contributed by atoms with E-state index in [1.165, 1.54) is 0 Å². The highest BCUT2D eigenvalue weighted by atomic mass is 79.9. The van der Waals surface area contributed by atoms with Crippen LogP contribution in [0.2, 0.25) is 0 Å². The van der Waals surface area contributed by atoms with Gasteiger partial charge in [-0.05, 0) is 22.9 Å². The zero-order valence-corrected chi connectivity index (χ0v) is 9.89. The number of halogens is 1. The van der Waals surface area contributed by atoms with Gasteiger partial charge in [0.1, 0.15) is 0 Å². The molecule has 0 fully saturated rings. The van der Waals surface area contributed by atoms with Gasteiger partial charge in [-0.2, -0.15) is 10.2 Å². The predicted molar refractivity (Wildman–Crippen MR) is 58.2 cm³/mol. The number of carbonyl (C=O) groups excluding carboxylic acids is 1. The molecule has 0 aromatic carbocycles. The second-order valence-corrected chi connectivity index (χ2v) is 4.08. The Hall–Kier alpha value is -1.43. The van der Waals surface area contributed by atoms with E-state index in [1.807, 2.05) is 0 Å². The third kappa shape index (κ3) is 1.61. The van der Waals surface area contributed by atoms with Gasteiger partial charge in [0.2, 0.25) is 0 Å². The summed E-state index contributed by atoms with van der Waals surface area (Å²) in [5, 5.41) is 8.30. The Morgan fingerprint density at radius 2 is 2.27 bits per heavy atom. The molecule has 0 aliphatic heterocycles. The lowest BCUT2D eigenvalue weighted by molar-refractivity contribution is 0.112. The highest BCUT2D eigenvalue weighted by Crippen LogP contribution is 2.17. The maximum absolute atomic E-state index is 10.9. The van der Waals surface area contributed by atoms with E-state index >= 15 is 0 Å². The van der Waals surface area contributed by atoms with Crippen LogP contribution in [0.25, 0.3) is 5.82 Å². The van der Waals surface area contributed by atoms with Crippen molar-refractivity contribution >= 4 is 22.2 Å². The summed E-state index contributed by atoms with van der Waals surface area (Å²) in [6, 6.07) is 0. The van der Waals surface area contributed by atoms with Crippen LogP contribution in [0.5, 0.6) is 0 Å². The molecule has 0 amide bonds. The standard InChI is InChI=1S/C9H9BrN4O/c1-6-8(5-15)9(13(2)12-6)14-4-7(10)3-11-14/h3-5H,1-2H3. The summed E-state index contributed by atoms with van der Waals surface area (Å²) in [6.07, 6.45) is 4.24. The quantitative estimate of drug-likeness (QED) is 0.776. The van der Waals surface area contributed by atoms with Gasteiger partial charge < -0.3 is 0 Å². The molecule has 0 radical (unpaired) electrons. The van der Waals surface area contributed by atoms with Crippen molar-refractivity contribution < 1.29 is 4.79 Å². The summed E-state index contributed by atoms with van der Waals surface area (Å²) in [6.45, 7) is 1.80. The van der Waals surface area contributed by atoms with Gasteiger partial charge in [-0.1, -0.05) is 0 Å². The van der Waals surface area contributed by atoms with Crippen LogP contribution in [0, 0.1) is 6.92 Å². The molecule has 5 nitrogen and oxygen atoms in total. The van der Waals surface area contributed by atoms with Crippen LogP contribution in [-0.4, -0.2) is 25.8 Å². The normalized spacial score (nSPS) is 10.6. The highest BCUT2D eigenvalue weighted by molar-refractivity contribution is 9.10. The van der Waals surface area contributed by atoms with Gasteiger partial charge in [-0.15, -0.1) is 0 Å². The maximum atomic E-state index is 10.9. The molecule has 2 aromatic heterocycles. The van der Waals surface area contributed by atoms with Crippen LogP contribution in [0.4, 0.5) is 0 Å². The summed E-state index contributed by atoms with van der Waals surface area (Å²) < 4.78 is 4.12. The molecule has 0 saturated heterocycles. The van der Waals surface area contributed by atoms with Gasteiger partial charge in [0.25, 0.3) is 0 Å². The minimum Gasteiger partial charge on any atom is -0.298 e. The molecule has 0 atom stereocenters. The Morgan fingerprint density at radius 3 is 2.80 bits per heavy atom. The molecule has 15 heavy (non-hydrogen) atoms. The molecule has 0 aliphatic carbocycles. The fraction of sp³-hybridized carbons (Fsp3) is 0.222. The van der Waals surface area contributed by atoms with E-state index in [0.717, 1.165) is 10.8 Å². The lowest BCUT2D eigenvalue weighted by Gasteiger charge is -2.01. The second kappa shape index (κ2) is 3.62. The van der Waals surface area contributed by atoms with E-state index in [2.05, 4.69) is 26.1 Å². The average molecular weight is 269 g/mol. The summed E-state index contributed by atoms with van der Waals surface area (Å²) in [7, 11) is 1.78. The van der Waals surface area contributed by atoms with Crippen molar-refractivity contribution in [2.75, 3.05) is 0 Å². The molecule has 2 rings (SSSR count). The fourth-order valence-corrected chi connectivity index (χ4v) is 1.77. The topological polar surface area (TPSA) is 52.7 Å². The van der Waals surface area contributed by atoms with E-state index < -0.39 is 0 Å². The van der Waals surface area contributed by atoms with Gasteiger partial charge in [0.05, 0.1) is 21.9 Å². The third-order valence-electron chi connectivity index (χ3n) is 2.12. The first-order valence-corrected chi connectivity index (χ1v) is 5.12. The van der Waals surface area contributed by atoms with E-state index in [1.54, 1.807) is 35.7 Å². The average Bonchev–Trinajstić information content (AvgIpc) is 2.70. The summed E-state index contributed by atoms with van der Waals surface area (Å²) in [4.78, 5) is 10.9. The van der Waals surface area contributed by atoms with Crippen molar-refractivity contribution in [3.63, 3.8) is 0 Å². The molecule has 0 aliphatic rings. The van der Waals surface area contributed by atoms with Crippen molar-refractivity contribution in [1.29, 1.82) is 0 Å². The van der Waals surface area contributed by atoms with Gasteiger partial charge in [0.15, 0.2) is 12.1 Å². The number of hydrogen-bond donors (Lipinski definition) is 0. The number of rotatable bonds is 2. The van der Waals surface area contributed by atoms with Crippen molar-refractivity contribution in [3.8, 4) is 5.82 Å². The van der Waals surface area contributed by atoms with Crippen LogP contribution < -0.4 is 0 Å². The molecule has 2 aromatic rings. The van der Waals surface area contributed by atoms with E-state index in [0.29, 0.717) is 17.1 Å². The van der Waals surface area contributed by atoms with Gasteiger partial charge in [-0.3, -0.25) is 9.48 Å². The predicted octanol–water partition coefficient (Wildman–Crippen LogP) is 1.49. The van der Waals surface area contributed by atoms with Crippen LogP contribution in [-0.2, 0) is 7.05 Å². The lowest BCUT2D eigenvalue weighted by Crippen LogP contribution is -2.05. The molecule has 0 N–H and O–H groups in total. The van der Waals surface area contributed by atoms with Crippen LogP contribution in [0.1, 0.15) is 16.1 Å². The fourth-order valence-electron chi connectivity index (χ4n) is 1.49. The van der Waals surface area contributed by atoms with E-state index in [4.69, 9.17) is 0 Å².